The fraction of sp³-hybridized carbons (Fsp3) is 0.179. The number of aliphatic hydroxyl groups is 2. The Bertz CT molecular complexity index is 1230. The molecule has 0 bridgehead atoms. The molecule has 211 valence electrons. The van der Waals surface area contributed by atoms with Crippen molar-refractivity contribution in [3.05, 3.63) is 103 Å². The standard InChI is InChI=1S/2C12H12N2O2.C4H6N2.ClH.Os/c1-15-9-3-5-13-11(7-9)12-8-10(16-2)4-6-14-12;15-7-9-1-3-13-11(5-9)12-6-10(8-16)2-4-14-12;1-6-3-2-5-4-6;;/h3-8H,1-2H3;1-6,15-16H,7-8H2;2-4H,1H3;1H;/q;;;;+1/p-1. The molecule has 40 heavy (non-hydrogen) atoms. The first-order valence-corrected chi connectivity index (χ1v) is 14.9. The molecule has 2 N–H and O–H groups in total. The van der Waals surface area contributed by atoms with Crippen LogP contribution in [-0.2, 0) is 37.9 Å². The van der Waals surface area contributed by atoms with Gasteiger partial charge in [-0.3, -0.25) is 19.9 Å². The van der Waals surface area contributed by atoms with E-state index in [4.69, 9.17) is 19.7 Å². The van der Waals surface area contributed by atoms with Gasteiger partial charge in [0, 0.05) is 56.4 Å². The molecule has 0 unspecified atom stereocenters. The number of aromatic nitrogens is 6. The van der Waals surface area contributed by atoms with E-state index in [1.54, 1.807) is 87.9 Å². The van der Waals surface area contributed by atoms with Crippen molar-refractivity contribution in [3.63, 3.8) is 0 Å². The molecule has 5 aromatic heterocycles. The zero-order chi connectivity index (χ0) is 29.2. The molecular weight excluding hydrogens is 710 g/mol. The van der Waals surface area contributed by atoms with Crippen LogP contribution < -0.4 is 9.47 Å². The normalized spacial score (nSPS) is 9.57. The number of pyridine rings is 4. The van der Waals surface area contributed by atoms with Crippen LogP contribution in [0.5, 0.6) is 11.5 Å². The van der Waals surface area contributed by atoms with Crippen LogP contribution in [-0.4, -0.2) is 53.9 Å². The summed E-state index contributed by atoms with van der Waals surface area (Å²) in [5.74, 6) is 1.52. The second-order valence-electron chi connectivity index (χ2n) is 7.80. The second kappa shape index (κ2) is 18.5. The summed E-state index contributed by atoms with van der Waals surface area (Å²) in [4.78, 5) is 20.6. The van der Waals surface area contributed by atoms with Crippen molar-refractivity contribution in [2.45, 2.75) is 13.2 Å². The summed E-state index contributed by atoms with van der Waals surface area (Å²) in [5, 5.41) is 18.0. The van der Waals surface area contributed by atoms with Crippen LogP contribution in [0.15, 0.2) is 92.0 Å². The van der Waals surface area contributed by atoms with Crippen LogP contribution in [0.1, 0.15) is 11.1 Å². The Labute approximate surface area is 247 Å². The van der Waals surface area contributed by atoms with E-state index in [2.05, 4.69) is 34.6 Å². The third-order valence-electron chi connectivity index (χ3n) is 5.11. The molecule has 0 saturated heterocycles. The van der Waals surface area contributed by atoms with E-state index in [1.165, 1.54) is 17.6 Å². The predicted octanol–water partition coefficient (Wildman–Crippen LogP) is 4.40. The Balaban J connectivity index is 0.000000221. The molecule has 5 heterocycles. The molecular formula is C28H30ClN6O4Os. The summed E-state index contributed by atoms with van der Waals surface area (Å²) < 4.78 is 12.2. The Morgan fingerprint density at radius 2 is 1.07 bits per heavy atom. The maximum absolute atomic E-state index is 9.02. The van der Waals surface area contributed by atoms with Gasteiger partial charge in [0.1, 0.15) is 11.5 Å². The minimum atomic E-state index is -0.0186. The third-order valence-corrected chi connectivity index (χ3v) is 5.11. The number of nitrogens with zero attached hydrogens (tertiary/aromatic N) is 6. The molecule has 0 aliphatic carbocycles. The fourth-order valence-corrected chi connectivity index (χ4v) is 3.11. The molecule has 5 rings (SSSR count). The van der Waals surface area contributed by atoms with Crippen molar-refractivity contribution in [2.24, 2.45) is 7.05 Å². The molecule has 0 saturated carbocycles. The van der Waals surface area contributed by atoms with Gasteiger partial charge in [-0.1, -0.05) is 0 Å². The van der Waals surface area contributed by atoms with Gasteiger partial charge in [0.2, 0.25) is 0 Å². The monoisotopic (exact) mass is 741 g/mol. The number of methoxy groups -OCH3 is 2. The molecule has 0 radical (unpaired) electrons. The van der Waals surface area contributed by atoms with Crippen molar-refractivity contribution in [1.82, 2.24) is 29.5 Å². The zero-order valence-electron chi connectivity index (χ0n) is 22.2. The molecule has 0 spiro atoms. The van der Waals surface area contributed by atoms with Crippen LogP contribution in [0.2, 0.25) is 0 Å². The van der Waals surface area contributed by atoms with E-state index in [0.717, 1.165) is 34.0 Å². The molecule has 10 nitrogen and oxygen atoms in total. The van der Waals surface area contributed by atoms with Crippen LogP contribution in [0, 0.1) is 0 Å². The van der Waals surface area contributed by atoms with Crippen LogP contribution in [0.4, 0.5) is 0 Å². The topological polar surface area (TPSA) is 128 Å². The molecule has 12 heteroatoms. The van der Waals surface area contributed by atoms with Gasteiger partial charge in [-0.15, -0.1) is 0 Å². The Hall–Kier alpha value is -3.74. The zero-order valence-corrected chi connectivity index (χ0v) is 25.5. The van der Waals surface area contributed by atoms with Gasteiger partial charge in [0.05, 0.1) is 56.5 Å². The summed E-state index contributed by atoms with van der Waals surface area (Å²) in [6.07, 6.45) is 12.0. The quantitative estimate of drug-likeness (QED) is 0.261. The Morgan fingerprint density at radius 3 is 1.38 bits per heavy atom. The summed E-state index contributed by atoms with van der Waals surface area (Å²) >= 11 is 1.33. The van der Waals surface area contributed by atoms with Crippen LogP contribution >= 0.6 is 9.64 Å². The van der Waals surface area contributed by atoms with Gasteiger partial charge in [0.15, 0.2) is 0 Å². The van der Waals surface area contributed by atoms with Gasteiger partial charge in [-0.25, -0.2) is 4.98 Å². The average Bonchev–Trinajstić information content (AvgIpc) is 3.53. The average molecular weight is 740 g/mol. The summed E-state index contributed by atoms with van der Waals surface area (Å²) in [5.41, 5.74) is 4.50. The number of imidazole rings is 1. The number of aryl methyl sites for hydroxylation is 1. The van der Waals surface area contributed by atoms with Gasteiger partial charge >= 0.3 is 27.2 Å². The number of hydrogen-bond donors (Lipinski definition) is 2. The summed E-state index contributed by atoms with van der Waals surface area (Å²) in [6, 6.07) is 14.3. The van der Waals surface area contributed by atoms with Gasteiger partial charge in [-0.2, -0.15) is 0 Å². The number of halogens is 1. The van der Waals surface area contributed by atoms with Crippen LogP contribution in [0.3, 0.4) is 0 Å². The van der Waals surface area contributed by atoms with E-state index in [9.17, 15) is 0 Å². The molecule has 0 aromatic carbocycles. The van der Waals surface area contributed by atoms with Crippen LogP contribution in [0.25, 0.3) is 22.8 Å². The van der Waals surface area contributed by atoms with Crippen molar-refractivity contribution in [2.75, 3.05) is 14.2 Å². The first-order valence-electron chi connectivity index (χ1n) is 11.7. The fourth-order valence-electron chi connectivity index (χ4n) is 3.11. The molecule has 0 aliphatic rings. The first-order chi connectivity index (χ1) is 19.6. The molecule has 0 atom stereocenters. The Morgan fingerprint density at radius 1 is 0.675 bits per heavy atom. The minimum absolute atomic E-state index is 0.0186. The van der Waals surface area contributed by atoms with E-state index < -0.39 is 0 Å². The molecule has 0 amide bonds. The van der Waals surface area contributed by atoms with Crippen molar-refractivity contribution >= 4 is 9.64 Å². The predicted molar refractivity (Wildman–Crippen MR) is 149 cm³/mol. The van der Waals surface area contributed by atoms with Crippen molar-refractivity contribution in [3.8, 4) is 34.3 Å². The molecule has 0 fully saturated rings. The number of hydrogen-bond acceptors (Lipinski definition) is 9. The summed E-state index contributed by atoms with van der Waals surface area (Å²) in [6.45, 7) is -0.0373. The van der Waals surface area contributed by atoms with Crippen molar-refractivity contribution < 1.29 is 37.3 Å². The molecule has 5 aromatic rings. The van der Waals surface area contributed by atoms with Gasteiger partial charge in [-0.05, 0) is 47.5 Å². The SMILES string of the molecule is COc1ccnc(-c2cc(OC)ccn2)c1.Cn1ccnc1.OCc1ccnc(-c2cc(CO)ccn2)c1.[Cl][Os]. The first kappa shape index (κ1) is 32.5. The van der Waals surface area contributed by atoms with Gasteiger partial charge < -0.3 is 24.3 Å². The second-order valence-corrected chi connectivity index (χ2v) is 7.80. The number of ether oxygens (including phenoxy) is 2. The van der Waals surface area contributed by atoms with Gasteiger partial charge in [0.25, 0.3) is 0 Å². The number of aliphatic hydroxyl groups excluding tert-OH is 2. The maximum atomic E-state index is 9.02. The van der Waals surface area contributed by atoms with E-state index in [1.807, 2.05) is 29.9 Å². The molecule has 0 aliphatic heterocycles. The summed E-state index contributed by atoms with van der Waals surface area (Å²) in [7, 11) is 9.85. The van der Waals surface area contributed by atoms with E-state index in [-0.39, 0.29) is 13.2 Å². The Kier molecular flexibility index (Phi) is 15.0. The van der Waals surface area contributed by atoms with E-state index in [0.29, 0.717) is 11.4 Å². The van der Waals surface area contributed by atoms with E-state index >= 15 is 0 Å². The van der Waals surface area contributed by atoms with Crippen molar-refractivity contribution in [1.29, 1.82) is 0 Å². The third kappa shape index (κ3) is 10.8. The number of rotatable bonds is 6.